The predicted octanol–water partition coefficient (Wildman–Crippen LogP) is 4.94. The molecule has 0 spiro atoms. The molecule has 0 aliphatic carbocycles. The summed E-state index contributed by atoms with van der Waals surface area (Å²) in [5, 5.41) is 15.4. The van der Waals surface area contributed by atoms with E-state index in [9.17, 15) is 4.79 Å². The van der Waals surface area contributed by atoms with Gasteiger partial charge in [0.25, 0.3) is 0 Å². The van der Waals surface area contributed by atoms with Crippen molar-refractivity contribution >= 4 is 28.4 Å². The molecule has 0 unspecified atom stereocenters. The van der Waals surface area contributed by atoms with Crippen molar-refractivity contribution in [3.05, 3.63) is 84.7 Å². The van der Waals surface area contributed by atoms with Crippen molar-refractivity contribution in [1.82, 2.24) is 9.97 Å². The standard InChI is InChI=1S/C22H15N5O2/c23-14-17-13-19(11-12-24-17)29-18-8-6-16(7-9-18)25-22(28)27-21-10-5-15-3-1-2-4-20(15)26-21/h1-13H,(H2,25,26,27,28). The molecule has 4 rings (SSSR count). The first kappa shape index (κ1) is 17.9. The maximum Gasteiger partial charge on any atom is 0.324 e. The highest BCUT2D eigenvalue weighted by atomic mass is 16.5. The summed E-state index contributed by atoms with van der Waals surface area (Å²) >= 11 is 0. The van der Waals surface area contributed by atoms with Crippen LogP contribution in [0.1, 0.15) is 5.69 Å². The Balaban J connectivity index is 1.38. The number of nitriles is 1. The summed E-state index contributed by atoms with van der Waals surface area (Å²) in [4.78, 5) is 20.5. The zero-order chi connectivity index (χ0) is 20.1. The fourth-order valence-corrected chi connectivity index (χ4v) is 2.69. The number of pyridine rings is 2. The van der Waals surface area contributed by atoms with Crippen LogP contribution in [0.5, 0.6) is 11.5 Å². The van der Waals surface area contributed by atoms with Gasteiger partial charge in [0, 0.05) is 23.3 Å². The van der Waals surface area contributed by atoms with E-state index in [0.29, 0.717) is 23.0 Å². The van der Waals surface area contributed by atoms with Crippen LogP contribution in [0.3, 0.4) is 0 Å². The molecule has 4 aromatic rings. The summed E-state index contributed by atoms with van der Waals surface area (Å²) < 4.78 is 5.69. The van der Waals surface area contributed by atoms with Gasteiger partial charge in [-0.25, -0.2) is 14.8 Å². The summed E-state index contributed by atoms with van der Waals surface area (Å²) in [7, 11) is 0. The highest BCUT2D eigenvalue weighted by Crippen LogP contribution is 2.23. The molecule has 2 amide bonds. The second-order valence-corrected chi connectivity index (χ2v) is 6.08. The molecule has 7 heteroatoms. The first-order valence-corrected chi connectivity index (χ1v) is 8.77. The van der Waals surface area contributed by atoms with Gasteiger partial charge in [-0.2, -0.15) is 5.26 Å². The predicted molar refractivity (Wildman–Crippen MR) is 110 cm³/mol. The average Bonchev–Trinajstić information content (AvgIpc) is 2.75. The number of hydrogen-bond donors (Lipinski definition) is 2. The van der Waals surface area contributed by atoms with Crippen molar-refractivity contribution in [2.24, 2.45) is 0 Å². The Morgan fingerprint density at radius 2 is 1.76 bits per heavy atom. The molecular weight excluding hydrogens is 366 g/mol. The van der Waals surface area contributed by atoms with Crippen molar-refractivity contribution in [2.45, 2.75) is 0 Å². The van der Waals surface area contributed by atoms with Crippen molar-refractivity contribution in [3.8, 4) is 17.6 Å². The van der Waals surface area contributed by atoms with Gasteiger partial charge in [-0.3, -0.25) is 5.32 Å². The lowest BCUT2D eigenvalue weighted by molar-refractivity contribution is 0.262. The van der Waals surface area contributed by atoms with Crippen molar-refractivity contribution in [3.63, 3.8) is 0 Å². The van der Waals surface area contributed by atoms with Gasteiger partial charge in [-0.15, -0.1) is 0 Å². The lowest BCUT2D eigenvalue weighted by atomic mass is 10.2. The van der Waals surface area contributed by atoms with Crippen molar-refractivity contribution in [1.29, 1.82) is 5.26 Å². The summed E-state index contributed by atoms with van der Waals surface area (Å²) in [6.45, 7) is 0. The van der Waals surface area contributed by atoms with Crippen LogP contribution in [0.25, 0.3) is 10.9 Å². The number of nitrogens with one attached hydrogen (secondary N) is 2. The first-order valence-electron chi connectivity index (χ1n) is 8.77. The van der Waals surface area contributed by atoms with E-state index in [1.807, 2.05) is 36.4 Å². The number of ether oxygens (including phenoxy) is 1. The molecule has 0 atom stereocenters. The van der Waals surface area contributed by atoms with Crippen LogP contribution in [0, 0.1) is 11.3 Å². The second-order valence-electron chi connectivity index (χ2n) is 6.08. The van der Waals surface area contributed by atoms with Crippen LogP contribution in [0.15, 0.2) is 79.0 Å². The molecular formula is C22H15N5O2. The van der Waals surface area contributed by atoms with E-state index in [2.05, 4.69) is 20.6 Å². The van der Waals surface area contributed by atoms with Gasteiger partial charge in [-0.05, 0) is 48.5 Å². The largest absolute Gasteiger partial charge is 0.457 e. The number of fused-ring (bicyclic) bond motifs is 1. The van der Waals surface area contributed by atoms with Crippen LogP contribution in [-0.4, -0.2) is 16.0 Å². The fourth-order valence-electron chi connectivity index (χ4n) is 2.69. The van der Waals surface area contributed by atoms with Gasteiger partial charge in [0.15, 0.2) is 0 Å². The maximum absolute atomic E-state index is 12.2. The minimum absolute atomic E-state index is 0.278. The van der Waals surface area contributed by atoms with Crippen LogP contribution >= 0.6 is 0 Å². The number of carbonyl (C=O) groups excluding carboxylic acids is 1. The van der Waals surface area contributed by atoms with E-state index in [1.165, 1.54) is 6.20 Å². The van der Waals surface area contributed by atoms with Crippen molar-refractivity contribution in [2.75, 3.05) is 10.6 Å². The average molecular weight is 381 g/mol. The Morgan fingerprint density at radius 1 is 0.931 bits per heavy atom. The molecule has 0 aliphatic rings. The Hall–Kier alpha value is -4.44. The summed E-state index contributed by atoms with van der Waals surface area (Å²) in [6.07, 6.45) is 1.51. The number of rotatable bonds is 4. The van der Waals surface area contributed by atoms with Crippen LogP contribution in [-0.2, 0) is 0 Å². The van der Waals surface area contributed by atoms with E-state index in [4.69, 9.17) is 10.00 Å². The third-order valence-electron chi connectivity index (χ3n) is 4.03. The zero-order valence-electron chi connectivity index (χ0n) is 15.2. The molecule has 0 aliphatic heterocycles. The Morgan fingerprint density at radius 3 is 2.59 bits per heavy atom. The monoisotopic (exact) mass is 381 g/mol. The van der Waals surface area contributed by atoms with E-state index in [0.717, 1.165) is 10.9 Å². The number of benzene rings is 2. The lowest BCUT2D eigenvalue weighted by Gasteiger charge is -2.09. The highest BCUT2D eigenvalue weighted by Gasteiger charge is 2.06. The normalized spacial score (nSPS) is 10.2. The lowest BCUT2D eigenvalue weighted by Crippen LogP contribution is -2.20. The Kier molecular flexibility index (Phi) is 4.99. The molecule has 7 nitrogen and oxygen atoms in total. The zero-order valence-corrected chi connectivity index (χ0v) is 15.2. The first-order chi connectivity index (χ1) is 14.2. The fraction of sp³-hybridized carbons (Fsp3) is 0. The maximum atomic E-state index is 12.2. The van der Waals surface area contributed by atoms with Crippen LogP contribution < -0.4 is 15.4 Å². The number of urea groups is 1. The molecule has 2 heterocycles. The molecule has 0 saturated carbocycles. The molecule has 140 valence electrons. The summed E-state index contributed by atoms with van der Waals surface area (Å²) in [5.74, 6) is 1.55. The second kappa shape index (κ2) is 8.06. The molecule has 2 aromatic carbocycles. The molecule has 0 saturated heterocycles. The third kappa shape index (κ3) is 4.46. The topological polar surface area (TPSA) is 99.9 Å². The molecule has 0 radical (unpaired) electrons. The number of para-hydroxylation sites is 1. The van der Waals surface area contributed by atoms with E-state index >= 15 is 0 Å². The number of hydrogen-bond acceptors (Lipinski definition) is 5. The number of anilines is 2. The van der Waals surface area contributed by atoms with Gasteiger partial charge >= 0.3 is 6.03 Å². The van der Waals surface area contributed by atoms with E-state index in [-0.39, 0.29) is 5.69 Å². The number of nitrogens with zero attached hydrogens (tertiary/aromatic N) is 3. The minimum atomic E-state index is -0.394. The SMILES string of the molecule is N#Cc1cc(Oc2ccc(NC(=O)Nc3ccc4ccccc4n3)cc2)ccn1. The van der Waals surface area contributed by atoms with Crippen LogP contribution in [0.2, 0.25) is 0 Å². The van der Waals surface area contributed by atoms with Gasteiger partial charge in [-0.1, -0.05) is 18.2 Å². The molecule has 2 N–H and O–H groups in total. The van der Waals surface area contributed by atoms with Crippen LogP contribution in [0.4, 0.5) is 16.3 Å². The Labute approximate surface area is 166 Å². The molecule has 29 heavy (non-hydrogen) atoms. The molecule has 2 aromatic heterocycles. The smallest absolute Gasteiger partial charge is 0.324 e. The van der Waals surface area contributed by atoms with Gasteiger partial charge < -0.3 is 10.1 Å². The number of amides is 2. The Bertz CT molecular complexity index is 1220. The van der Waals surface area contributed by atoms with Gasteiger partial charge in [0.05, 0.1) is 5.52 Å². The quantitative estimate of drug-likeness (QED) is 0.522. The number of aromatic nitrogens is 2. The summed E-state index contributed by atoms with van der Waals surface area (Å²) in [6, 6.07) is 23.0. The molecule has 0 bridgehead atoms. The van der Waals surface area contributed by atoms with Gasteiger partial charge in [0.2, 0.25) is 0 Å². The van der Waals surface area contributed by atoms with E-state index in [1.54, 1.807) is 42.5 Å². The van der Waals surface area contributed by atoms with Crippen molar-refractivity contribution < 1.29 is 9.53 Å². The highest BCUT2D eigenvalue weighted by molar-refractivity contribution is 5.99. The van der Waals surface area contributed by atoms with E-state index < -0.39 is 6.03 Å². The van der Waals surface area contributed by atoms with Gasteiger partial charge in [0.1, 0.15) is 29.1 Å². The summed E-state index contributed by atoms with van der Waals surface area (Å²) in [5.41, 5.74) is 1.69. The molecule has 0 fully saturated rings. The minimum Gasteiger partial charge on any atom is -0.457 e. The third-order valence-corrected chi connectivity index (χ3v) is 4.03. The number of carbonyl (C=O) groups is 1.